The van der Waals surface area contributed by atoms with E-state index in [0.717, 1.165) is 60.3 Å². The number of hydrogen-bond acceptors (Lipinski definition) is 5. The van der Waals surface area contributed by atoms with Crippen molar-refractivity contribution in [1.82, 2.24) is 25.4 Å². The molecule has 0 saturated carbocycles. The highest BCUT2D eigenvalue weighted by Crippen LogP contribution is 2.31. The summed E-state index contributed by atoms with van der Waals surface area (Å²) in [5.41, 5.74) is 4.14. The van der Waals surface area contributed by atoms with E-state index in [1.54, 1.807) is 0 Å². The lowest BCUT2D eigenvalue weighted by Gasteiger charge is -2.39. The van der Waals surface area contributed by atoms with Gasteiger partial charge >= 0.3 is 0 Å². The number of H-pyrrole nitrogens is 1. The quantitative estimate of drug-likeness (QED) is 0.555. The van der Waals surface area contributed by atoms with Crippen molar-refractivity contribution in [2.24, 2.45) is 0 Å². The van der Waals surface area contributed by atoms with Gasteiger partial charge in [0.15, 0.2) is 5.65 Å². The van der Waals surface area contributed by atoms with E-state index in [-0.39, 0.29) is 42.7 Å². The largest absolute Gasteiger partial charge is 0.367 e. The summed E-state index contributed by atoms with van der Waals surface area (Å²) in [4.78, 5) is 22.5. The zero-order valence-corrected chi connectivity index (χ0v) is 20.8. The molecule has 2 saturated heterocycles. The molecule has 10 heteroatoms. The van der Waals surface area contributed by atoms with Crippen LogP contribution in [0.25, 0.3) is 11.0 Å². The van der Waals surface area contributed by atoms with Crippen LogP contribution in [0.2, 0.25) is 5.02 Å². The number of anilines is 1. The van der Waals surface area contributed by atoms with Crippen LogP contribution in [0.1, 0.15) is 29.9 Å². The monoisotopic (exact) mass is 510 g/mol. The lowest BCUT2D eigenvalue weighted by Crippen LogP contribution is -2.52. The predicted octanol–water partition coefficient (Wildman–Crippen LogP) is 3.95. The number of aromatic nitrogens is 3. The maximum atomic E-state index is 13.7. The van der Waals surface area contributed by atoms with Gasteiger partial charge in [-0.25, -0.2) is 4.98 Å². The summed E-state index contributed by atoms with van der Waals surface area (Å²) in [5.74, 6) is 0.0378. The first kappa shape index (κ1) is 25.6. The summed E-state index contributed by atoms with van der Waals surface area (Å²) < 4.78 is 0. The van der Waals surface area contributed by atoms with Gasteiger partial charge < -0.3 is 15.1 Å². The minimum atomic E-state index is -0.172. The molecular weight excluding hydrogens is 483 g/mol. The van der Waals surface area contributed by atoms with Crippen LogP contribution in [0, 0.1) is 6.92 Å². The van der Waals surface area contributed by atoms with Gasteiger partial charge in [-0.15, -0.1) is 24.8 Å². The molecule has 2 aliphatic rings. The van der Waals surface area contributed by atoms with Gasteiger partial charge in [0.25, 0.3) is 0 Å². The van der Waals surface area contributed by atoms with E-state index in [0.29, 0.717) is 18.1 Å². The van der Waals surface area contributed by atoms with E-state index < -0.39 is 0 Å². The van der Waals surface area contributed by atoms with Gasteiger partial charge in [-0.2, -0.15) is 5.10 Å². The van der Waals surface area contributed by atoms with Gasteiger partial charge in [-0.3, -0.25) is 9.89 Å². The van der Waals surface area contributed by atoms with Crippen LogP contribution in [0.4, 0.5) is 5.69 Å². The molecule has 2 aromatic heterocycles. The summed E-state index contributed by atoms with van der Waals surface area (Å²) in [5, 5.41) is 12.4. The van der Waals surface area contributed by atoms with Gasteiger partial charge in [-0.05, 0) is 49.6 Å². The Kier molecular flexibility index (Phi) is 8.45. The number of carbonyl (C=O) groups excluding carboxylic acids is 1. The van der Waals surface area contributed by atoms with Crippen LogP contribution >= 0.6 is 36.4 Å². The van der Waals surface area contributed by atoms with Gasteiger partial charge in [0.1, 0.15) is 0 Å². The molecule has 5 rings (SSSR count). The van der Waals surface area contributed by atoms with Crippen molar-refractivity contribution in [2.75, 3.05) is 37.6 Å². The molecule has 0 radical (unpaired) electrons. The van der Waals surface area contributed by atoms with Crippen molar-refractivity contribution >= 4 is 59.0 Å². The van der Waals surface area contributed by atoms with Crippen molar-refractivity contribution in [2.45, 2.75) is 31.7 Å². The van der Waals surface area contributed by atoms with Gasteiger partial charge in [-0.1, -0.05) is 23.7 Å². The topological polar surface area (TPSA) is 77.2 Å². The molecule has 7 nitrogen and oxygen atoms in total. The minimum absolute atomic E-state index is 0. The lowest BCUT2D eigenvalue weighted by atomic mass is 9.89. The first-order chi connectivity index (χ1) is 15.1. The summed E-state index contributed by atoms with van der Waals surface area (Å²) in [6.45, 7) is 6.05. The normalized spacial score (nSPS) is 19.2. The molecule has 2 N–H and O–H groups in total. The molecule has 4 heterocycles. The first-order valence-electron chi connectivity index (χ1n) is 10.9. The molecule has 2 aliphatic heterocycles. The van der Waals surface area contributed by atoms with Crippen molar-refractivity contribution in [3.05, 3.63) is 52.8 Å². The van der Waals surface area contributed by atoms with Crippen molar-refractivity contribution in [3.8, 4) is 0 Å². The number of aryl methyl sites for hydroxylation is 1. The highest BCUT2D eigenvalue weighted by Gasteiger charge is 2.36. The second-order valence-corrected chi connectivity index (χ2v) is 8.90. The molecule has 3 aromatic rings. The molecular formula is C23H29Cl3N6O. The lowest BCUT2D eigenvalue weighted by molar-refractivity contribution is -0.133. The van der Waals surface area contributed by atoms with Crippen LogP contribution in [0.15, 0.2) is 36.7 Å². The van der Waals surface area contributed by atoms with Crippen LogP contribution in [0.5, 0.6) is 0 Å². The predicted molar refractivity (Wildman–Crippen MR) is 137 cm³/mol. The molecule has 1 aromatic carbocycles. The van der Waals surface area contributed by atoms with Gasteiger partial charge in [0.05, 0.1) is 23.2 Å². The highest BCUT2D eigenvalue weighted by molar-refractivity contribution is 6.30. The smallest absolute Gasteiger partial charge is 0.231 e. The standard InChI is InChI=1S/C23H27ClN6O.2ClH/c1-15-13-26-22-18(14-27-28-22)21(15)29-9-11-30(12-10-29)23(31)20(19-3-2-8-25-19)16-4-6-17(24)7-5-16;;/h4-7,13-14,19-20,25H,2-3,8-12H2,1H3,(H,26,27,28);2*1H. The Hall–Kier alpha value is -2.06. The van der Waals surface area contributed by atoms with Gasteiger partial charge in [0, 0.05) is 43.4 Å². The maximum absolute atomic E-state index is 13.7. The molecule has 0 bridgehead atoms. The van der Waals surface area contributed by atoms with Crippen LogP contribution in [0.3, 0.4) is 0 Å². The zero-order chi connectivity index (χ0) is 21.4. The number of nitrogens with zero attached hydrogens (tertiary/aromatic N) is 4. The molecule has 0 spiro atoms. The fraction of sp³-hybridized carbons (Fsp3) is 0.435. The highest BCUT2D eigenvalue weighted by atomic mass is 35.5. The number of benzene rings is 1. The molecule has 0 aliphatic carbocycles. The Balaban J connectivity index is 0.00000153. The Morgan fingerprint density at radius 2 is 1.85 bits per heavy atom. The Morgan fingerprint density at radius 1 is 1.12 bits per heavy atom. The van der Waals surface area contributed by atoms with E-state index >= 15 is 0 Å². The number of piperazine rings is 1. The Morgan fingerprint density at radius 3 is 2.52 bits per heavy atom. The van der Waals surface area contributed by atoms with E-state index in [9.17, 15) is 4.79 Å². The van der Waals surface area contributed by atoms with Crippen LogP contribution < -0.4 is 10.2 Å². The molecule has 33 heavy (non-hydrogen) atoms. The third-order valence-electron chi connectivity index (χ3n) is 6.54. The van der Waals surface area contributed by atoms with Crippen molar-refractivity contribution in [3.63, 3.8) is 0 Å². The number of amides is 1. The average molecular weight is 512 g/mol. The van der Waals surface area contributed by atoms with E-state index in [1.165, 1.54) is 0 Å². The summed E-state index contributed by atoms with van der Waals surface area (Å²) >= 11 is 6.10. The SMILES string of the molecule is Cc1cnc2[nH]ncc2c1N1CCN(C(=O)C(c2ccc(Cl)cc2)C2CCCN2)CC1.Cl.Cl. The number of halogens is 3. The van der Waals surface area contributed by atoms with E-state index in [2.05, 4.69) is 32.3 Å². The first-order valence-corrected chi connectivity index (χ1v) is 11.3. The fourth-order valence-corrected chi connectivity index (χ4v) is 5.09. The van der Waals surface area contributed by atoms with Crippen molar-refractivity contribution < 1.29 is 4.79 Å². The second kappa shape index (κ2) is 10.9. The summed E-state index contributed by atoms with van der Waals surface area (Å²) in [7, 11) is 0. The van der Waals surface area contributed by atoms with E-state index in [4.69, 9.17) is 11.6 Å². The summed E-state index contributed by atoms with van der Waals surface area (Å²) in [6.07, 6.45) is 5.85. The zero-order valence-electron chi connectivity index (χ0n) is 18.5. The van der Waals surface area contributed by atoms with Crippen LogP contribution in [-0.2, 0) is 4.79 Å². The molecule has 2 atom stereocenters. The number of hydrogen-bond donors (Lipinski definition) is 2. The van der Waals surface area contributed by atoms with Crippen LogP contribution in [-0.4, -0.2) is 64.8 Å². The maximum Gasteiger partial charge on any atom is 0.231 e. The minimum Gasteiger partial charge on any atom is -0.367 e. The number of aromatic amines is 1. The third-order valence-corrected chi connectivity index (χ3v) is 6.79. The van der Waals surface area contributed by atoms with Crippen molar-refractivity contribution in [1.29, 1.82) is 0 Å². The Bertz CT molecular complexity index is 1080. The molecule has 178 valence electrons. The Labute approximate surface area is 211 Å². The van der Waals surface area contributed by atoms with E-state index in [1.807, 2.05) is 41.6 Å². The second-order valence-electron chi connectivity index (χ2n) is 8.47. The summed E-state index contributed by atoms with van der Waals surface area (Å²) in [6, 6.07) is 7.94. The average Bonchev–Trinajstić information content (AvgIpc) is 3.48. The number of nitrogens with one attached hydrogen (secondary N) is 2. The number of carbonyl (C=O) groups is 1. The molecule has 2 fully saturated rings. The molecule has 1 amide bonds. The fourth-order valence-electron chi connectivity index (χ4n) is 4.97. The molecule has 2 unspecified atom stereocenters. The number of fused-ring (bicyclic) bond motifs is 1. The van der Waals surface area contributed by atoms with Gasteiger partial charge in [0.2, 0.25) is 5.91 Å². The number of pyridine rings is 1. The third kappa shape index (κ3) is 5.06. The number of rotatable bonds is 4.